The maximum Gasteiger partial charge on any atom is 0.220 e. The molecule has 88 valence electrons. The predicted octanol–water partition coefficient (Wildman–Crippen LogP) is 2.55. The number of nitrogens with one attached hydrogen (secondary N) is 1. The Morgan fingerprint density at radius 1 is 1.56 bits per heavy atom. The molecule has 1 N–H and O–H groups in total. The number of azide groups is 1. The molecular weight excluding hydrogens is 204 g/mol. The molecule has 0 radical (unpaired) electrons. The molecule has 0 spiro atoms. The smallest absolute Gasteiger partial charge is 0.220 e. The third-order valence-electron chi connectivity index (χ3n) is 2.63. The standard InChI is InChI=1S/C11H18N4O/c12-15-14-8-4-3-7-13-11(16)9-10-5-1-2-6-10/h1,5,10H,2-4,6-9H2,(H,13,16). The molecular formula is C11H18N4O. The van der Waals surface area contributed by atoms with Gasteiger partial charge in [0.15, 0.2) is 0 Å². The van der Waals surface area contributed by atoms with Crippen LogP contribution in [0.4, 0.5) is 0 Å². The zero-order valence-electron chi connectivity index (χ0n) is 9.43. The van der Waals surface area contributed by atoms with Crippen molar-refractivity contribution in [2.75, 3.05) is 13.1 Å². The van der Waals surface area contributed by atoms with Crippen LogP contribution in [0.2, 0.25) is 0 Å². The summed E-state index contributed by atoms with van der Waals surface area (Å²) in [6.07, 6.45) is 8.76. The summed E-state index contributed by atoms with van der Waals surface area (Å²) in [6, 6.07) is 0. The van der Waals surface area contributed by atoms with E-state index in [0.717, 1.165) is 25.7 Å². The monoisotopic (exact) mass is 222 g/mol. The van der Waals surface area contributed by atoms with E-state index in [9.17, 15) is 4.79 Å². The number of rotatable bonds is 7. The molecule has 0 fully saturated rings. The van der Waals surface area contributed by atoms with Gasteiger partial charge in [0.25, 0.3) is 0 Å². The minimum Gasteiger partial charge on any atom is -0.356 e. The van der Waals surface area contributed by atoms with Gasteiger partial charge < -0.3 is 5.32 Å². The number of amides is 1. The second kappa shape index (κ2) is 7.77. The van der Waals surface area contributed by atoms with Crippen molar-refractivity contribution in [3.05, 3.63) is 22.6 Å². The van der Waals surface area contributed by atoms with Crippen LogP contribution in [-0.2, 0) is 4.79 Å². The van der Waals surface area contributed by atoms with Gasteiger partial charge in [0.2, 0.25) is 5.91 Å². The van der Waals surface area contributed by atoms with Crippen LogP contribution in [-0.4, -0.2) is 19.0 Å². The van der Waals surface area contributed by atoms with Crippen LogP contribution in [0.15, 0.2) is 17.3 Å². The van der Waals surface area contributed by atoms with Crippen molar-refractivity contribution in [2.24, 2.45) is 11.0 Å². The molecule has 16 heavy (non-hydrogen) atoms. The Morgan fingerprint density at radius 3 is 3.12 bits per heavy atom. The number of carbonyl (C=O) groups excluding carboxylic acids is 1. The van der Waals surface area contributed by atoms with Gasteiger partial charge in [-0.15, -0.1) is 0 Å². The minimum atomic E-state index is 0.125. The third-order valence-corrected chi connectivity index (χ3v) is 2.63. The summed E-state index contributed by atoms with van der Waals surface area (Å²) in [5.41, 5.74) is 8.05. The Morgan fingerprint density at radius 2 is 2.44 bits per heavy atom. The maximum absolute atomic E-state index is 11.5. The fraction of sp³-hybridized carbons (Fsp3) is 0.727. The normalized spacial score (nSPS) is 18.1. The first-order valence-electron chi connectivity index (χ1n) is 5.77. The lowest BCUT2D eigenvalue weighted by molar-refractivity contribution is -0.121. The van der Waals surface area contributed by atoms with E-state index in [0.29, 0.717) is 25.4 Å². The van der Waals surface area contributed by atoms with Gasteiger partial charge in [-0.1, -0.05) is 17.3 Å². The molecule has 1 unspecified atom stereocenters. The van der Waals surface area contributed by atoms with E-state index in [1.165, 1.54) is 0 Å². The lowest BCUT2D eigenvalue weighted by Gasteiger charge is -2.08. The summed E-state index contributed by atoms with van der Waals surface area (Å²) in [4.78, 5) is 14.1. The topological polar surface area (TPSA) is 77.9 Å². The summed E-state index contributed by atoms with van der Waals surface area (Å²) < 4.78 is 0. The number of allylic oxidation sites excluding steroid dienone is 2. The maximum atomic E-state index is 11.5. The van der Waals surface area contributed by atoms with Crippen molar-refractivity contribution in [2.45, 2.75) is 32.1 Å². The Bertz CT molecular complexity index is 294. The van der Waals surface area contributed by atoms with Gasteiger partial charge in [-0.05, 0) is 37.1 Å². The van der Waals surface area contributed by atoms with Crippen LogP contribution < -0.4 is 5.32 Å². The van der Waals surface area contributed by atoms with Crippen LogP contribution in [0, 0.1) is 5.92 Å². The van der Waals surface area contributed by atoms with Crippen molar-refractivity contribution >= 4 is 5.91 Å². The average molecular weight is 222 g/mol. The molecule has 5 heteroatoms. The molecule has 1 amide bonds. The fourth-order valence-corrected chi connectivity index (χ4v) is 1.76. The van der Waals surface area contributed by atoms with Crippen molar-refractivity contribution in [3.8, 4) is 0 Å². The van der Waals surface area contributed by atoms with Crippen LogP contribution in [0.3, 0.4) is 0 Å². The zero-order valence-corrected chi connectivity index (χ0v) is 9.43. The first kappa shape index (κ1) is 12.6. The number of nitrogens with zero attached hydrogens (tertiary/aromatic N) is 3. The van der Waals surface area contributed by atoms with Crippen molar-refractivity contribution < 1.29 is 4.79 Å². The van der Waals surface area contributed by atoms with E-state index >= 15 is 0 Å². The second-order valence-corrected chi connectivity index (χ2v) is 3.98. The summed E-state index contributed by atoms with van der Waals surface area (Å²) >= 11 is 0. The van der Waals surface area contributed by atoms with Gasteiger partial charge >= 0.3 is 0 Å². The largest absolute Gasteiger partial charge is 0.356 e. The van der Waals surface area contributed by atoms with E-state index in [1.807, 2.05) is 0 Å². The third kappa shape index (κ3) is 5.41. The molecule has 0 saturated heterocycles. The molecule has 0 saturated carbocycles. The SMILES string of the molecule is [N-]=[N+]=NCCCCNC(=O)CC1C=CCC1. The number of carbonyl (C=O) groups is 1. The Kier molecular flexibility index (Phi) is 6.11. The quantitative estimate of drug-likeness (QED) is 0.232. The van der Waals surface area contributed by atoms with Crippen LogP contribution in [0.5, 0.6) is 0 Å². The van der Waals surface area contributed by atoms with Gasteiger partial charge in [-0.2, -0.15) is 0 Å². The first-order chi connectivity index (χ1) is 7.83. The molecule has 1 aliphatic carbocycles. The molecule has 1 aliphatic rings. The van der Waals surface area contributed by atoms with Crippen molar-refractivity contribution in [1.82, 2.24) is 5.32 Å². The van der Waals surface area contributed by atoms with E-state index < -0.39 is 0 Å². The average Bonchev–Trinajstić information content (AvgIpc) is 2.76. The van der Waals surface area contributed by atoms with E-state index in [4.69, 9.17) is 5.53 Å². The molecule has 5 nitrogen and oxygen atoms in total. The van der Waals surface area contributed by atoms with Crippen molar-refractivity contribution in [1.29, 1.82) is 0 Å². The summed E-state index contributed by atoms with van der Waals surface area (Å²) in [5.74, 6) is 0.559. The number of unbranched alkanes of at least 4 members (excludes halogenated alkanes) is 1. The summed E-state index contributed by atoms with van der Waals surface area (Å²) in [5, 5.41) is 6.31. The molecule has 0 aromatic rings. The van der Waals surface area contributed by atoms with Crippen LogP contribution in [0.1, 0.15) is 32.1 Å². The zero-order chi connectivity index (χ0) is 11.6. The van der Waals surface area contributed by atoms with Crippen molar-refractivity contribution in [3.63, 3.8) is 0 Å². The van der Waals surface area contributed by atoms with E-state index in [-0.39, 0.29) is 5.91 Å². The molecule has 0 aliphatic heterocycles. The van der Waals surface area contributed by atoms with E-state index in [2.05, 4.69) is 27.5 Å². The molecule has 0 bridgehead atoms. The highest BCUT2D eigenvalue weighted by molar-refractivity contribution is 5.76. The minimum absolute atomic E-state index is 0.125. The summed E-state index contributed by atoms with van der Waals surface area (Å²) in [6.45, 7) is 1.19. The lowest BCUT2D eigenvalue weighted by Crippen LogP contribution is -2.25. The van der Waals surface area contributed by atoms with Gasteiger partial charge in [0.1, 0.15) is 0 Å². The molecule has 0 heterocycles. The molecule has 0 aromatic heterocycles. The Balaban J connectivity index is 1.97. The van der Waals surface area contributed by atoms with Gasteiger partial charge in [0, 0.05) is 24.4 Å². The fourth-order valence-electron chi connectivity index (χ4n) is 1.76. The molecule has 1 atom stereocenters. The Hall–Kier alpha value is -1.48. The Labute approximate surface area is 95.5 Å². The highest BCUT2D eigenvalue weighted by Crippen LogP contribution is 2.19. The van der Waals surface area contributed by atoms with Gasteiger partial charge in [0.05, 0.1) is 0 Å². The molecule has 1 rings (SSSR count). The van der Waals surface area contributed by atoms with Gasteiger partial charge in [-0.25, -0.2) is 0 Å². The number of hydrogen-bond acceptors (Lipinski definition) is 2. The van der Waals surface area contributed by atoms with Crippen LogP contribution >= 0.6 is 0 Å². The highest BCUT2D eigenvalue weighted by atomic mass is 16.1. The number of hydrogen-bond donors (Lipinski definition) is 1. The predicted molar refractivity (Wildman–Crippen MR) is 62.7 cm³/mol. The second-order valence-electron chi connectivity index (χ2n) is 3.98. The highest BCUT2D eigenvalue weighted by Gasteiger charge is 2.13. The van der Waals surface area contributed by atoms with Gasteiger partial charge in [-0.3, -0.25) is 4.79 Å². The van der Waals surface area contributed by atoms with E-state index in [1.54, 1.807) is 0 Å². The van der Waals surface area contributed by atoms with Crippen LogP contribution in [0.25, 0.3) is 10.4 Å². The first-order valence-corrected chi connectivity index (χ1v) is 5.77. The summed E-state index contributed by atoms with van der Waals surface area (Å²) in [7, 11) is 0. The molecule has 0 aromatic carbocycles. The lowest BCUT2D eigenvalue weighted by atomic mass is 10.1.